The van der Waals surface area contributed by atoms with Gasteiger partial charge in [-0.2, -0.15) is 0 Å². The standard InChI is InChI=1S/C20H22FNO3/c1-22(20(23)14-25-18-5-3-2-4-6-18)17-11-12-24-19(13-17)15-7-9-16(21)10-8-15/h2-10,17,19H,11-14H2,1H3/t17-,19-/m0/s1. The van der Waals surface area contributed by atoms with Crippen LogP contribution < -0.4 is 4.74 Å². The van der Waals surface area contributed by atoms with Gasteiger partial charge in [-0.1, -0.05) is 30.3 Å². The van der Waals surface area contributed by atoms with E-state index >= 15 is 0 Å². The molecule has 0 aliphatic carbocycles. The fraction of sp³-hybridized carbons (Fsp3) is 0.350. The Labute approximate surface area is 147 Å². The van der Waals surface area contributed by atoms with Gasteiger partial charge >= 0.3 is 0 Å². The smallest absolute Gasteiger partial charge is 0.260 e. The summed E-state index contributed by atoms with van der Waals surface area (Å²) < 4.78 is 24.4. The summed E-state index contributed by atoms with van der Waals surface area (Å²) in [5, 5.41) is 0. The van der Waals surface area contributed by atoms with Crippen LogP contribution in [0.25, 0.3) is 0 Å². The molecule has 0 aromatic heterocycles. The molecule has 1 aliphatic heterocycles. The Bertz CT molecular complexity index is 690. The van der Waals surface area contributed by atoms with Crippen molar-refractivity contribution >= 4 is 5.91 Å². The van der Waals surface area contributed by atoms with Crippen molar-refractivity contribution in [1.82, 2.24) is 4.90 Å². The van der Waals surface area contributed by atoms with Gasteiger partial charge in [-0.05, 0) is 42.7 Å². The second kappa shape index (κ2) is 8.12. The average Bonchev–Trinajstić information content (AvgIpc) is 2.67. The van der Waals surface area contributed by atoms with Crippen molar-refractivity contribution in [3.63, 3.8) is 0 Å². The third kappa shape index (κ3) is 4.57. The van der Waals surface area contributed by atoms with E-state index in [0.29, 0.717) is 18.8 Å². The first-order valence-electron chi connectivity index (χ1n) is 8.44. The third-order valence-electron chi connectivity index (χ3n) is 4.54. The Morgan fingerprint density at radius 2 is 1.92 bits per heavy atom. The number of benzene rings is 2. The number of hydrogen-bond donors (Lipinski definition) is 0. The zero-order chi connectivity index (χ0) is 17.6. The quantitative estimate of drug-likeness (QED) is 0.833. The lowest BCUT2D eigenvalue weighted by Gasteiger charge is -2.35. The van der Waals surface area contributed by atoms with Crippen LogP contribution in [0.3, 0.4) is 0 Å². The van der Waals surface area contributed by atoms with Gasteiger partial charge < -0.3 is 14.4 Å². The first-order chi connectivity index (χ1) is 12.1. The van der Waals surface area contributed by atoms with Crippen LogP contribution in [-0.2, 0) is 9.53 Å². The molecule has 2 aromatic rings. The van der Waals surface area contributed by atoms with Crippen LogP contribution in [-0.4, -0.2) is 37.1 Å². The van der Waals surface area contributed by atoms with Gasteiger partial charge in [0.15, 0.2) is 6.61 Å². The molecule has 0 unspecified atom stereocenters. The van der Waals surface area contributed by atoms with Crippen LogP contribution in [0.4, 0.5) is 4.39 Å². The molecule has 132 valence electrons. The van der Waals surface area contributed by atoms with Crippen molar-refractivity contribution in [3.05, 3.63) is 66.0 Å². The number of para-hydroxylation sites is 1. The molecule has 0 radical (unpaired) electrons. The van der Waals surface area contributed by atoms with Crippen molar-refractivity contribution in [3.8, 4) is 5.75 Å². The van der Waals surface area contributed by atoms with E-state index < -0.39 is 0 Å². The number of halogens is 1. The predicted octanol–water partition coefficient (Wildman–Crippen LogP) is 3.58. The fourth-order valence-electron chi connectivity index (χ4n) is 3.01. The number of amides is 1. The van der Waals surface area contributed by atoms with Crippen molar-refractivity contribution < 1.29 is 18.7 Å². The SMILES string of the molecule is CN(C(=O)COc1ccccc1)[C@H]1CCO[C@H](c2ccc(F)cc2)C1. The predicted molar refractivity (Wildman–Crippen MR) is 92.8 cm³/mol. The van der Waals surface area contributed by atoms with Crippen LogP contribution >= 0.6 is 0 Å². The molecule has 2 aromatic carbocycles. The molecule has 0 saturated carbocycles. The lowest BCUT2D eigenvalue weighted by atomic mass is 9.96. The zero-order valence-corrected chi connectivity index (χ0v) is 14.2. The molecule has 0 bridgehead atoms. The summed E-state index contributed by atoms with van der Waals surface area (Å²) in [4.78, 5) is 14.2. The Hall–Kier alpha value is -2.40. The summed E-state index contributed by atoms with van der Waals surface area (Å²) in [6.07, 6.45) is 1.36. The van der Waals surface area contributed by atoms with E-state index in [1.807, 2.05) is 30.3 Å². The molecule has 2 atom stereocenters. The van der Waals surface area contributed by atoms with Crippen LogP contribution in [0.1, 0.15) is 24.5 Å². The number of likely N-dealkylation sites (N-methyl/N-ethyl adjacent to an activating group) is 1. The molecule has 1 aliphatic rings. The van der Waals surface area contributed by atoms with Gasteiger partial charge in [0.1, 0.15) is 11.6 Å². The van der Waals surface area contributed by atoms with E-state index in [1.54, 1.807) is 24.1 Å². The number of ether oxygens (including phenoxy) is 2. The lowest BCUT2D eigenvalue weighted by molar-refractivity contribution is -0.137. The molecule has 0 spiro atoms. The van der Waals surface area contributed by atoms with E-state index in [2.05, 4.69) is 0 Å². The van der Waals surface area contributed by atoms with Crippen molar-refractivity contribution in [2.24, 2.45) is 0 Å². The van der Waals surface area contributed by atoms with Gasteiger partial charge in [0.05, 0.1) is 6.10 Å². The van der Waals surface area contributed by atoms with Gasteiger partial charge in [0.2, 0.25) is 0 Å². The summed E-state index contributed by atoms with van der Waals surface area (Å²) in [7, 11) is 1.80. The number of nitrogens with zero attached hydrogens (tertiary/aromatic N) is 1. The van der Waals surface area contributed by atoms with Crippen LogP contribution in [0.15, 0.2) is 54.6 Å². The molecule has 5 heteroatoms. The van der Waals surface area contributed by atoms with Crippen LogP contribution in [0.2, 0.25) is 0 Å². The highest BCUT2D eigenvalue weighted by Crippen LogP contribution is 2.30. The molecule has 1 heterocycles. The number of hydrogen-bond acceptors (Lipinski definition) is 3. The Morgan fingerprint density at radius 3 is 2.64 bits per heavy atom. The van der Waals surface area contributed by atoms with E-state index in [0.717, 1.165) is 12.0 Å². The van der Waals surface area contributed by atoms with Gasteiger partial charge in [0.25, 0.3) is 5.91 Å². The third-order valence-corrected chi connectivity index (χ3v) is 4.54. The first kappa shape index (κ1) is 17.4. The second-order valence-corrected chi connectivity index (χ2v) is 6.20. The maximum Gasteiger partial charge on any atom is 0.260 e. The second-order valence-electron chi connectivity index (χ2n) is 6.20. The fourth-order valence-corrected chi connectivity index (χ4v) is 3.01. The van der Waals surface area contributed by atoms with Gasteiger partial charge in [-0.15, -0.1) is 0 Å². The van der Waals surface area contributed by atoms with Crippen molar-refractivity contribution in [1.29, 1.82) is 0 Å². The van der Waals surface area contributed by atoms with E-state index in [-0.39, 0.29) is 30.5 Å². The molecule has 1 saturated heterocycles. The molecular formula is C20H22FNO3. The van der Waals surface area contributed by atoms with Crippen LogP contribution in [0, 0.1) is 5.82 Å². The van der Waals surface area contributed by atoms with E-state index in [9.17, 15) is 9.18 Å². The average molecular weight is 343 g/mol. The van der Waals surface area contributed by atoms with E-state index in [1.165, 1.54) is 12.1 Å². The summed E-state index contributed by atoms with van der Waals surface area (Å²) in [5.41, 5.74) is 0.937. The Kier molecular flexibility index (Phi) is 5.66. The highest BCUT2D eigenvalue weighted by molar-refractivity contribution is 5.77. The maximum atomic E-state index is 13.1. The molecule has 1 amide bonds. The first-order valence-corrected chi connectivity index (χ1v) is 8.44. The maximum absolute atomic E-state index is 13.1. The van der Waals surface area contributed by atoms with Crippen molar-refractivity contribution in [2.75, 3.05) is 20.3 Å². The van der Waals surface area contributed by atoms with Crippen molar-refractivity contribution in [2.45, 2.75) is 25.0 Å². The minimum atomic E-state index is -0.263. The number of carbonyl (C=O) groups is 1. The van der Waals surface area contributed by atoms with Crippen LogP contribution in [0.5, 0.6) is 5.75 Å². The minimum Gasteiger partial charge on any atom is -0.484 e. The highest BCUT2D eigenvalue weighted by Gasteiger charge is 2.29. The topological polar surface area (TPSA) is 38.8 Å². The summed E-state index contributed by atoms with van der Waals surface area (Å²) >= 11 is 0. The Morgan fingerprint density at radius 1 is 1.20 bits per heavy atom. The molecule has 0 N–H and O–H groups in total. The molecule has 25 heavy (non-hydrogen) atoms. The van der Waals surface area contributed by atoms with Gasteiger partial charge in [-0.3, -0.25) is 4.79 Å². The highest BCUT2D eigenvalue weighted by atomic mass is 19.1. The largest absolute Gasteiger partial charge is 0.484 e. The molecule has 1 fully saturated rings. The molecule has 4 nitrogen and oxygen atoms in total. The monoisotopic (exact) mass is 343 g/mol. The lowest BCUT2D eigenvalue weighted by Crippen LogP contribution is -2.43. The molecule has 3 rings (SSSR count). The van der Waals surface area contributed by atoms with Gasteiger partial charge in [-0.25, -0.2) is 4.39 Å². The molecular weight excluding hydrogens is 321 g/mol. The van der Waals surface area contributed by atoms with Gasteiger partial charge in [0, 0.05) is 19.7 Å². The normalized spacial score (nSPS) is 20.1. The summed E-state index contributed by atoms with van der Waals surface area (Å²) in [6, 6.07) is 15.7. The minimum absolute atomic E-state index is 0.0130. The summed E-state index contributed by atoms with van der Waals surface area (Å²) in [6.45, 7) is 0.586. The number of carbonyl (C=O) groups excluding carboxylic acids is 1. The number of rotatable bonds is 5. The summed E-state index contributed by atoms with van der Waals surface area (Å²) in [5.74, 6) is 0.357. The Balaban J connectivity index is 1.56. The van der Waals surface area contributed by atoms with E-state index in [4.69, 9.17) is 9.47 Å². The zero-order valence-electron chi connectivity index (χ0n) is 14.2.